The molecule has 0 atom stereocenters. The maximum Gasteiger partial charge on any atom is 0.191 e. The minimum atomic E-state index is 0.517. The molecule has 1 heterocycles. The van der Waals surface area contributed by atoms with Crippen LogP contribution in [0.4, 0.5) is 0 Å². The summed E-state index contributed by atoms with van der Waals surface area (Å²) in [7, 11) is 1.59. The Morgan fingerprint density at radius 1 is 1.41 bits per heavy atom. The van der Waals surface area contributed by atoms with E-state index in [1.807, 2.05) is 25.1 Å². The van der Waals surface area contributed by atoms with E-state index in [2.05, 4.69) is 12.4 Å². The first kappa shape index (κ1) is 12.1. The highest BCUT2D eigenvalue weighted by molar-refractivity contribution is 7.80. The van der Waals surface area contributed by atoms with Crippen LogP contribution in [0.3, 0.4) is 0 Å². The molecule has 1 N–H and O–H groups in total. The molecular weight excluding hydrogens is 234 g/mol. The van der Waals surface area contributed by atoms with E-state index in [1.54, 1.807) is 7.11 Å². The molecule has 0 bridgehead atoms. The fourth-order valence-electron chi connectivity index (χ4n) is 2.03. The van der Waals surface area contributed by atoms with Gasteiger partial charge in [-0.05, 0) is 49.3 Å². The summed E-state index contributed by atoms with van der Waals surface area (Å²) in [5.41, 5.74) is 8.31. The van der Waals surface area contributed by atoms with Crippen LogP contribution in [0.1, 0.15) is 22.3 Å². The predicted octanol–water partition coefficient (Wildman–Crippen LogP) is 2.50. The Morgan fingerprint density at radius 2 is 2.18 bits per heavy atom. The second-order valence-electron chi connectivity index (χ2n) is 3.95. The van der Waals surface area contributed by atoms with Crippen molar-refractivity contribution in [3.8, 4) is 0 Å². The zero-order valence-corrected chi connectivity index (χ0v) is 11.0. The first-order valence-corrected chi connectivity index (χ1v) is 5.83. The number of rotatable bonds is 2. The van der Waals surface area contributed by atoms with Gasteiger partial charge in [0.15, 0.2) is 5.05 Å². The maximum absolute atomic E-state index is 5.19. The monoisotopic (exact) mass is 249 g/mol. The molecule has 1 aliphatic rings. The van der Waals surface area contributed by atoms with E-state index >= 15 is 0 Å². The van der Waals surface area contributed by atoms with Gasteiger partial charge in [-0.1, -0.05) is 6.07 Å². The van der Waals surface area contributed by atoms with Crippen LogP contribution in [0.15, 0.2) is 18.2 Å². The molecule has 0 saturated heterocycles. The number of thiocarbonyl (C=S) groups is 1. The van der Waals surface area contributed by atoms with E-state index in [0.29, 0.717) is 11.7 Å². The van der Waals surface area contributed by atoms with Crippen molar-refractivity contribution in [1.82, 2.24) is 5.48 Å². The summed E-state index contributed by atoms with van der Waals surface area (Å²) in [5, 5.41) is 0.517. The number of ether oxygens (including phenoxy) is 1. The summed E-state index contributed by atoms with van der Waals surface area (Å²) in [4.78, 5) is 5.14. The molecule has 3 nitrogen and oxygen atoms in total. The lowest BCUT2D eigenvalue weighted by atomic mass is 9.95. The summed E-state index contributed by atoms with van der Waals surface area (Å²) < 4.78 is 5.13. The van der Waals surface area contributed by atoms with Crippen molar-refractivity contribution >= 4 is 23.0 Å². The standard InChI is InChI=1S/C13H15NO2S/c1-8-4-5-10(13(17)15-3)9(2)12(8)11-6-7-16-14-11/h4-6,14H,7H2,1-3H3. The average molecular weight is 249 g/mol. The molecule has 0 spiro atoms. The summed E-state index contributed by atoms with van der Waals surface area (Å²) in [6.45, 7) is 4.71. The van der Waals surface area contributed by atoms with Crippen molar-refractivity contribution in [2.45, 2.75) is 13.8 Å². The van der Waals surface area contributed by atoms with Gasteiger partial charge in [-0.2, -0.15) is 0 Å². The molecule has 17 heavy (non-hydrogen) atoms. The molecule has 0 aliphatic carbocycles. The Labute approximate surface area is 106 Å². The SMILES string of the molecule is COC(=S)c1ccc(C)c(C2=CCON2)c1C. The highest BCUT2D eigenvalue weighted by Crippen LogP contribution is 2.26. The zero-order valence-electron chi connectivity index (χ0n) is 10.2. The van der Waals surface area contributed by atoms with Crippen molar-refractivity contribution in [2.24, 2.45) is 0 Å². The molecule has 1 aromatic carbocycles. The highest BCUT2D eigenvalue weighted by atomic mass is 32.1. The van der Waals surface area contributed by atoms with Crippen molar-refractivity contribution in [2.75, 3.05) is 13.7 Å². The van der Waals surface area contributed by atoms with Gasteiger partial charge in [-0.3, -0.25) is 10.3 Å². The molecule has 1 aliphatic heterocycles. The Balaban J connectivity index is 2.54. The minimum Gasteiger partial charge on any atom is -0.486 e. The van der Waals surface area contributed by atoms with Crippen LogP contribution in [0.2, 0.25) is 0 Å². The molecule has 90 valence electrons. The van der Waals surface area contributed by atoms with Gasteiger partial charge in [-0.25, -0.2) is 0 Å². The first-order chi connectivity index (χ1) is 8.15. The van der Waals surface area contributed by atoms with Gasteiger partial charge in [-0.15, -0.1) is 0 Å². The van der Waals surface area contributed by atoms with Crippen LogP contribution in [0, 0.1) is 13.8 Å². The molecule has 0 amide bonds. The zero-order chi connectivity index (χ0) is 12.4. The van der Waals surface area contributed by atoms with Crippen LogP contribution >= 0.6 is 12.2 Å². The van der Waals surface area contributed by atoms with Gasteiger partial charge >= 0.3 is 0 Å². The summed E-state index contributed by atoms with van der Waals surface area (Å²) in [5.74, 6) is 0. The van der Waals surface area contributed by atoms with Crippen molar-refractivity contribution in [1.29, 1.82) is 0 Å². The third kappa shape index (κ3) is 2.18. The number of hydrogen-bond acceptors (Lipinski definition) is 4. The Hall–Kier alpha value is -1.39. The van der Waals surface area contributed by atoms with Gasteiger partial charge in [0.25, 0.3) is 0 Å². The van der Waals surface area contributed by atoms with Crippen LogP contribution < -0.4 is 5.48 Å². The maximum atomic E-state index is 5.19. The average Bonchev–Trinajstić information content (AvgIpc) is 2.82. The van der Waals surface area contributed by atoms with E-state index in [4.69, 9.17) is 21.8 Å². The molecule has 0 unspecified atom stereocenters. The molecule has 1 aromatic rings. The van der Waals surface area contributed by atoms with Crippen LogP contribution in [-0.2, 0) is 9.57 Å². The van der Waals surface area contributed by atoms with Crippen LogP contribution in [0.5, 0.6) is 0 Å². The van der Waals surface area contributed by atoms with E-state index < -0.39 is 0 Å². The number of nitrogens with one attached hydrogen (secondary N) is 1. The minimum absolute atomic E-state index is 0.517. The Morgan fingerprint density at radius 3 is 2.76 bits per heavy atom. The van der Waals surface area contributed by atoms with Crippen LogP contribution in [0.25, 0.3) is 5.70 Å². The van der Waals surface area contributed by atoms with E-state index in [1.165, 1.54) is 5.56 Å². The fourth-order valence-corrected chi connectivity index (χ4v) is 2.25. The third-order valence-electron chi connectivity index (χ3n) is 2.90. The lowest BCUT2D eigenvalue weighted by molar-refractivity contribution is 0.121. The smallest absolute Gasteiger partial charge is 0.191 e. The van der Waals surface area contributed by atoms with Gasteiger partial charge in [0, 0.05) is 11.1 Å². The molecule has 4 heteroatoms. The third-order valence-corrected chi connectivity index (χ3v) is 3.29. The largest absolute Gasteiger partial charge is 0.486 e. The Bertz CT molecular complexity index is 494. The number of hydrogen-bond donors (Lipinski definition) is 1. The predicted molar refractivity (Wildman–Crippen MR) is 71.7 cm³/mol. The van der Waals surface area contributed by atoms with Gasteiger partial charge < -0.3 is 4.74 Å². The fraction of sp³-hybridized carbons (Fsp3) is 0.308. The highest BCUT2D eigenvalue weighted by Gasteiger charge is 2.16. The number of benzene rings is 1. The molecular formula is C13H15NO2S. The lowest BCUT2D eigenvalue weighted by Gasteiger charge is -2.15. The van der Waals surface area contributed by atoms with Crippen LogP contribution in [-0.4, -0.2) is 18.8 Å². The first-order valence-electron chi connectivity index (χ1n) is 5.42. The van der Waals surface area contributed by atoms with E-state index in [-0.39, 0.29) is 0 Å². The van der Waals surface area contributed by atoms with E-state index in [9.17, 15) is 0 Å². The van der Waals surface area contributed by atoms with Crippen molar-refractivity contribution in [3.63, 3.8) is 0 Å². The molecule has 0 saturated carbocycles. The molecule has 0 radical (unpaired) electrons. The lowest BCUT2D eigenvalue weighted by Crippen LogP contribution is -2.11. The molecule has 0 aromatic heterocycles. The number of hydroxylamine groups is 1. The van der Waals surface area contributed by atoms with Gasteiger partial charge in [0.05, 0.1) is 19.4 Å². The summed E-state index contributed by atoms with van der Waals surface area (Å²) >= 11 is 5.19. The van der Waals surface area contributed by atoms with Gasteiger partial charge in [0.2, 0.25) is 0 Å². The van der Waals surface area contributed by atoms with Crippen molar-refractivity contribution < 1.29 is 9.57 Å². The summed E-state index contributed by atoms with van der Waals surface area (Å²) in [6, 6.07) is 4.04. The second kappa shape index (κ2) is 4.85. The molecule has 2 rings (SSSR count). The molecule has 0 fully saturated rings. The Kier molecular flexibility index (Phi) is 3.45. The number of aryl methyl sites for hydroxylation is 1. The number of methoxy groups -OCH3 is 1. The summed E-state index contributed by atoms with van der Waals surface area (Å²) in [6.07, 6.45) is 2.02. The van der Waals surface area contributed by atoms with Crippen molar-refractivity contribution in [3.05, 3.63) is 40.5 Å². The normalized spacial score (nSPS) is 14.2. The van der Waals surface area contributed by atoms with E-state index in [0.717, 1.165) is 22.4 Å². The quantitative estimate of drug-likeness (QED) is 0.816. The topological polar surface area (TPSA) is 30.5 Å². The second-order valence-corrected chi connectivity index (χ2v) is 4.32. The van der Waals surface area contributed by atoms with Gasteiger partial charge in [0.1, 0.15) is 0 Å².